The van der Waals surface area contributed by atoms with Gasteiger partial charge in [-0.2, -0.15) is 268 Å². The van der Waals surface area contributed by atoms with Crippen LogP contribution < -0.4 is 0 Å². The first kappa shape index (κ1) is 144. The van der Waals surface area contributed by atoms with E-state index in [9.17, 15) is 268 Å². The Morgan fingerprint density at radius 1 is 0.108 bits per heavy atom. The fourth-order valence-electron chi connectivity index (χ4n) is 10.3. The lowest BCUT2D eigenvalue weighted by atomic mass is 9.91. The summed E-state index contributed by atoms with van der Waals surface area (Å²) in [6.07, 6.45) is -65.0. The third kappa shape index (κ3) is 24.7. The molecule has 0 bridgehead atoms. The first-order valence-electron chi connectivity index (χ1n) is 36.5. The van der Waals surface area contributed by atoms with Crippen LogP contribution >= 0.6 is 0 Å². The van der Waals surface area contributed by atoms with Crippen LogP contribution in [0.15, 0.2) is 0 Å². The monoisotopic (exact) mass is 2310 g/mol. The summed E-state index contributed by atoms with van der Waals surface area (Å²) in [5.74, 6) is -111. The number of hydrogen-bond acceptors (Lipinski definition) is 15. The predicted octanol–water partition coefficient (Wildman–Crippen LogP) is 26.1. The Labute approximate surface area is 745 Å². The van der Waals surface area contributed by atoms with Crippen LogP contribution in [0.5, 0.6) is 0 Å². The molecule has 0 aliphatic carbocycles. The van der Waals surface area contributed by atoms with Crippen LogP contribution in [0.4, 0.5) is 268 Å². The van der Waals surface area contributed by atoms with Crippen LogP contribution in [0.25, 0.3) is 0 Å². The SMILES string of the molecule is CCO[Si](OCC)(OCC)C(C(F)(F)F)(C(F)(F)F)C(F)(F)C(F)(F)C(F)(F)F.CCO[Si](OCC)(OCC)C(C(F)(F)F)(C(F)(F)F)C(F)(F)F.CCO[Si](OCC)(OCC)C(F)(F)C(F)(F)C(F)(F)C(F)(F)C(F)(F)C(F)(F)C(F)(F)C(F)(F)F.CCO[Si](OCC)(OCC)C(F)(F)C(F)(F)C(F)(F)C(F)(F)C(F)(F)C(F)(F)F.CCO[Si](OCC)(OCC)C(F)(F)C(F)(F)C(F)(F)C(F)(F)F. The molecule has 0 fully saturated rings. The summed E-state index contributed by atoms with van der Waals surface area (Å²) in [7, 11) is -32.5. The minimum atomic E-state index is -8.70. The van der Waals surface area contributed by atoms with E-state index in [0.717, 1.165) is 83.1 Å². The van der Waals surface area contributed by atoms with E-state index in [0.29, 0.717) is 20.8 Å². The van der Waals surface area contributed by atoms with Crippen LogP contribution in [0.3, 0.4) is 0 Å². The third-order valence-electron chi connectivity index (χ3n) is 16.2. The minimum absolute atomic E-state index is 0.678. The molecule has 0 aromatic rings. The zero-order valence-corrected chi connectivity index (χ0v) is 76.3. The highest BCUT2D eigenvalue weighted by Gasteiger charge is 3.04. The van der Waals surface area contributed by atoms with Gasteiger partial charge in [-0.15, -0.1) is 0 Å². The maximum absolute atomic E-state index is 14.6. The van der Waals surface area contributed by atoms with Gasteiger partial charge in [-0.05, 0) is 104 Å². The molecule has 844 valence electrons. The summed E-state index contributed by atoms with van der Waals surface area (Å²) < 4.78 is 875. The largest absolute Gasteiger partial charge is 0.582 e. The highest BCUT2D eigenvalue weighted by atomic mass is 28.4. The van der Waals surface area contributed by atoms with E-state index in [4.69, 9.17) is 0 Å². The molecule has 139 heavy (non-hydrogen) atoms. The van der Waals surface area contributed by atoms with Crippen LogP contribution in [-0.4, -0.2) is 298 Å². The molecule has 0 unspecified atom stereocenters. The molecule has 0 atom stereocenters. The van der Waals surface area contributed by atoms with Crippen molar-refractivity contribution >= 4 is 44.0 Å². The Morgan fingerprint density at radius 2 is 0.201 bits per heavy atom. The summed E-state index contributed by atoms with van der Waals surface area (Å²) in [6.45, 7) is -2.30. The van der Waals surface area contributed by atoms with Crippen molar-refractivity contribution in [2.45, 2.75) is 269 Å². The highest BCUT2D eigenvalue weighted by Crippen LogP contribution is 2.76. The molecule has 0 aliphatic rings. The molecule has 0 aromatic carbocycles. The van der Waals surface area contributed by atoms with E-state index in [1.807, 2.05) is 0 Å². The van der Waals surface area contributed by atoms with Gasteiger partial charge in [-0.25, -0.2) is 0 Å². The normalized spacial score (nSPS) is 15.6. The average molecular weight is 2310 g/mol. The van der Waals surface area contributed by atoms with Crippen LogP contribution in [-0.2, 0) is 66.4 Å². The van der Waals surface area contributed by atoms with Crippen molar-refractivity contribution in [2.24, 2.45) is 0 Å². The van der Waals surface area contributed by atoms with E-state index in [1.54, 1.807) is 0 Å². The Hall–Kier alpha value is -3.79. The fraction of sp³-hybridized carbons (Fsp3) is 1.00. The summed E-state index contributed by atoms with van der Waals surface area (Å²) in [6, 6.07) is 0. The predicted molar refractivity (Wildman–Crippen MR) is 347 cm³/mol. The molecule has 0 heterocycles. The van der Waals surface area contributed by atoms with Gasteiger partial charge in [-0.3, -0.25) is 0 Å². The fourth-order valence-corrected chi connectivity index (χ4v) is 24.1. The van der Waals surface area contributed by atoms with Gasteiger partial charge in [0.05, 0.1) is 0 Å². The second-order valence-electron chi connectivity index (χ2n) is 25.0. The van der Waals surface area contributed by atoms with Crippen molar-refractivity contribution in [1.82, 2.24) is 0 Å². The molecular formula is C58H75F61O15Si5. The first-order chi connectivity index (χ1) is 60.9. The average Bonchev–Trinajstić information content (AvgIpc) is 0.662. The van der Waals surface area contributed by atoms with E-state index < -0.39 is 308 Å². The van der Waals surface area contributed by atoms with E-state index >= 15 is 0 Å². The van der Waals surface area contributed by atoms with Gasteiger partial charge in [0.1, 0.15) is 0 Å². The van der Waals surface area contributed by atoms with Gasteiger partial charge >= 0.3 is 204 Å². The molecule has 0 radical (unpaired) electrons. The van der Waals surface area contributed by atoms with Gasteiger partial charge in [0.2, 0.25) is 0 Å². The number of rotatable bonds is 49. The van der Waals surface area contributed by atoms with Gasteiger partial charge in [0, 0.05) is 99.1 Å². The van der Waals surface area contributed by atoms with Crippen molar-refractivity contribution in [1.29, 1.82) is 0 Å². The number of alkyl halides is 61. The van der Waals surface area contributed by atoms with Gasteiger partial charge < -0.3 is 66.4 Å². The highest BCUT2D eigenvalue weighted by molar-refractivity contribution is 6.66. The second kappa shape index (κ2) is 47.4. The van der Waals surface area contributed by atoms with Crippen molar-refractivity contribution in [3.8, 4) is 0 Å². The Kier molecular flexibility index (Phi) is 49.0. The molecule has 0 rings (SSSR count). The third-order valence-corrected chi connectivity index (χ3v) is 33.1. The Bertz CT molecular complexity index is 3430. The lowest BCUT2D eigenvalue weighted by Gasteiger charge is -2.50. The maximum atomic E-state index is 14.6. The lowest BCUT2D eigenvalue weighted by Crippen LogP contribution is -2.78. The quantitative estimate of drug-likeness (QED) is 0.0421. The van der Waals surface area contributed by atoms with Crippen LogP contribution in [0.1, 0.15) is 104 Å². The molecule has 0 saturated carbocycles. The van der Waals surface area contributed by atoms with Crippen molar-refractivity contribution < 1.29 is 334 Å². The first-order valence-corrected chi connectivity index (χ1v) is 45.2. The number of halogens is 61. The van der Waals surface area contributed by atoms with Crippen molar-refractivity contribution in [2.75, 3.05) is 99.1 Å². The molecule has 0 amide bonds. The Morgan fingerprint density at radius 3 is 0.324 bits per heavy atom. The van der Waals surface area contributed by atoms with E-state index in [2.05, 4.69) is 66.4 Å². The maximum Gasteiger partial charge on any atom is 0.582 e. The van der Waals surface area contributed by atoms with Crippen molar-refractivity contribution in [3.63, 3.8) is 0 Å². The summed E-state index contributed by atoms with van der Waals surface area (Å²) in [5, 5.41) is -13.4. The van der Waals surface area contributed by atoms with E-state index in [1.165, 1.54) is 0 Å². The van der Waals surface area contributed by atoms with E-state index in [-0.39, 0.29) is 0 Å². The zero-order valence-electron chi connectivity index (χ0n) is 71.3. The van der Waals surface area contributed by atoms with Crippen LogP contribution in [0.2, 0.25) is 10.1 Å². The topological polar surface area (TPSA) is 138 Å². The van der Waals surface area contributed by atoms with Gasteiger partial charge in [-0.1, -0.05) is 0 Å². The van der Waals surface area contributed by atoms with Gasteiger partial charge in [0.25, 0.3) is 5.04 Å². The number of hydrogen-bond donors (Lipinski definition) is 0. The molecule has 0 saturated heterocycles. The second-order valence-corrected chi connectivity index (χ2v) is 38.3. The lowest BCUT2D eigenvalue weighted by molar-refractivity contribution is -0.459. The smallest absolute Gasteiger partial charge is 0.373 e. The zero-order chi connectivity index (χ0) is 114. The Balaban J connectivity index is -0.000000543. The molecular weight excluding hydrogens is 2240 g/mol. The minimum Gasteiger partial charge on any atom is -0.373 e. The standard InChI is InChI=1S/C14H15F17O3Si.2C12H15F13O3Si.2C10H15F9O3Si/c1-4-32-35(33-5-2,34-6-3)14(30,31)12(25,26)10(21,22)8(17,18)7(15,16)9(19,20)11(23,24)13(27,28)29;1-4-26-29(27-5-2,28-6-3)7(10(17,18)19,11(20,21)22)8(13,14)9(15,16)12(23,24)25;1-4-26-29(27-5-2,28-6-3)12(24,25)10(19,20)8(15,16)7(13,14)9(17,18)11(21,22)23;1-4-20-23(21-5-2,22-6-3)10(18,19)8(13,14)7(11,12)9(15,16)17;1-4-20-23(21-5-2,22-6-3)7(8(11,12)13,9(14,15)16)10(17,18)19/h4-6H2,1-3H3;2*4-6H2,1-3H3;2*4-6H2,1-3H3. The molecule has 81 heteroatoms. The van der Waals surface area contributed by atoms with Crippen LogP contribution in [0, 0.1) is 0 Å². The summed E-state index contributed by atoms with van der Waals surface area (Å²) >= 11 is 0. The van der Waals surface area contributed by atoms with Crippen molar-refractivity contribution in [3.05, 3.63) is 0 Å². The molecule has 15 nitrogen and oxygen atoms in total. The summed E-state index contributed by atoms with van der Waals surface area (Å²) in [4.78, 5) is 0. The summed E-state index contributed by atoms with van der Waals surface area (Å²) in [5.41, 5.74) is -19.4. The van der Waals surface area contributed by atoms with Gasteiger partial charge in [0.15, 0.2) is 0 Å². The molecule has 0 aliphatic heterocycles. The molecule has 0 spiro atoms. The molecule has 0 N–H and O–H groups in total. The molecule has 0 aromatic heterocycles.